The molecule has 0 aromatic rings. The van der Waals surface area contributed by atoms with Crippen LogP contribution < -0.4 is 5.32 Å². The van der Waals surface area contributed by atoms with Crippen LogP contribution in [0.3, 0.4) is 0 Å². The molecule has 1 fully saturated rings. The van der Waals surface area contributed by atoms with Crippen molar-refractivity contribution in [2.75, 3.05) is 19.1 Å². The normalized spacial score (nSPS) is 26.5. The quantitative estimate of drug-likeness (QED) is 0.683. The molecule has 0 aromatic carbocycles. The number of alkyl halides is 1. The summed E-state index contributed by atoms with van der Waals surface area (Å²) in [5, 5.41) is 3.51. The van der Waals surface area contributed by atoms with E-state index in [2.05, 4.69) is 19.2 Å². The van der Waals surface area contributed by atoms with Crippen LogP contribution in [0, 0.1) is 5.92 Å². The number of nitrogens with one attached hydrogen (secondary N) is 1. The highest BCUT2D eigenvalue weighted by Crippen LogP contribution is 2.09. The molecule has 0 radical (unpaired) electrons. The maximum Gasteiger partial charge on any atom is 0.0620 e. The zero-order valence-electron chi connectivity index (χ0n) is 7.85. The average molecular weight is 192 g/mol. The molecule has 1 rings (SSSR count). The number of halogens is 1. The van der Waals surface area contributed by atoms with E-state index in [1.165, 1.54) is 0 Å². The zero-order chi connectivity index (χ0) is 8.97. The Bertz CT molecular complexity index is 124. The van der Waals surface area contributed by atoms with Crippen molar-refractivity contribution in [3.05, 3.63) is 0 Å². The molecule has 2 nitrogen and oxygen atoms in total. The summed E-state index contributed by atoms with van der Waals surface area (Å²) in [6.45, 7) is 6.12. The van der Waals surface area contributed by atoms with Gasteiger partial charge in [0.1, 0.15) is 0 Å². The SMILES string of the molecule is CC(C)C(CCl)NC1CCOC1. The first-order valence-electron chi connectivity index (χ1n) is 4.63. The first-order chi connectivity index (χ1) is 5.74. The smallest absolute Gasteiger partial charge is 0.0620 e. The van der Waals surface area contributed by atoms with Crippen LogP contribution in [0.2, 0.25) is 0 Å². The lowest BCUT2D eigenvalue weighted by molar-refractivity contribution is 0.186. The summed E-state index contributed by atoms with van der Waals surface area (Å²) in [5.41, 5.74) is 0. The van der Waals surface area contributed by atoms with E-state index in [1.807, 2.05) is 0 Å². The second-order valence-electron chi connectivity index (χ2n) is 3.73. The van der Waals surface area contributed by atoms with Gasteiger partial charge in [-0.3, -0.25) is 0 Å². The van der Waals surface area contributed by atoms with Gasteiger partial charge in [-0.15, -0.1) is 11.6 Å². The maximum atomic E-state index is 5.84. The fourth-order valence-corrected chi connectivity index (χ4v) is 1.83. The third kappa shape index (κ3) is 2.92. The van der Waals surface area contributed by atoms with E-state index in [-0.39, 0.29) is 0 Å². The van der Waals surface area contributed by atoms with Gasteiger partial charge in [-0.25, -0.2) is 0 Å². The number of hydrogen-bond acceptors (Lipinski definition) is 2. The van der Waals surface area contributed by atoms with Gasteiger partial charge in [-0.05, 0) is 12.3 Å². The Morgan fingerprint density at radius 3 is 2.75 bits per heavy atom. The minimum absolute atomic E-state index is 0.429. The second kappa shape index (κ2) is 5.05. The van der Waals surface area contributed by atoms with Gasteiger partial charge < -0.3 is 10.1 Å². The number of ether oxygens (including phenoxy) is 1. The van der Waals surface area contributed by atoms with Crippen molar-refractivity contribution in [2.24, 2.45) is 5.92 Å². The van der Waals surface area contributed by atoms with Gasteiger partial charge in [0.15, 0.2) is 0 Å². The zero-order valence-corrected chi connectivity index (χ0v) is 8.60. The minimum atomic E-state index is 0.429. The summed E-state index contributed by atoms with van der Waals surface area (Å²) < 4.78 is 5.28. The van der Waals surface area contributed by atoms with Crippen LogP contribution in [-0.4, -0.2) is 31.2 Å². The molecule has 1 saturated heterocycles. The summed E-state index contributed by atoms with van der Waals surface area (Å²) in [5.74, 6) is 1.29. The van der Waals surface area contributed by atoms with Crippen molar-refractivity contribution in [1.29, 1.82) is 0 Å². The molecule has 0 saturated carbocycles. The van der Waals surface area contributed by atoms with Gasteiger partial charge in [-0.2, -0.15) is 0 Å². The molecule has 0 bridgehead atoms. The summed E-state index contributed by atoms with van der Waals surface area (Å²) in [6.07, 6.45) is 1.13. The molecular weight excluding hydrogens is 174 g/mol. The first-order valence-corrected chi connectivity index (χ1v) is 5.17. The Hall–Kier alpha value is 0.210. The Morgan fingerprint density at radius 1 is 1.58 bits per heavy atom. The van der Waals surface area contributed by atoms with Crippen molar-refractivity contribution in [2.45, 2.75) is 32.4 Å². The molecule has 0 amide bonds. The Morgan fingerprint density at radius 2 is 2.33 bits per heavy atom. The Kier molecular flexibility index (Phi) is 4.33. The molecule has 0 aliphatic carbocycles. The van der Waals surface area contributed by atoms with Crippen molar-refractivity contribution >= 4 is 11.6 Å². The summed E-state index contributed by atoms with van der Waals surface area (Å²) >= 11 is 5.84. The van der Waals surface area contributed by atoms with Crippen molar-refractivity contribution in [1.82, 2.24) is 5.32 Å². The van der Waals surface area contributed by atoms with E-state index in [4.69, 9.17) is 16.3 Å². The summed E-state index contributed by atoms with van der Waals surface area (Å²) in [6, 6.07) is 0.953. The Labute approximate surface area is 79.6 Å². The van der Waals surface area contributed by atoms with E-state index in [0.717, 1.165) is 19.6 Å². The third-order valence-corrected chi connectivity index (χ3v) is 2.68. The van der Waals surface area contributed by atoms with Gasteiger partial charge in [0.2, 0.25) is 0 Å². The highest BCUT2D eigenvalue weighted by molar-refractivity contribution is 6.18. The molecule has 12 heavy (non-hydrogen) atoms. The van der Waals surface area contributed by atoms with Crippen LogP contribution in [-0.2, 0) is 4.74 Å². The number of rotatable bonds is 4. The van der Waals surface area contributed by atoms with Gasteiger partial charge in [-0.1, -0.05) is 13.8 Å². The third-order valence-electron chi connectivity index (χ3n) is 2.35. The van der Waals surface area contributed by atoms with Gasteiger partial charge in [0, 0.05) is 24.6 Å². The van der Waals surface area contributed by atoms with Crippen molar-refractivity contribution in [3.63, 3.8) is 0 Å². The predicted octanol–water partition coefficient (Wildman–Crippen LogP) is 1.63. The van der Waals surface area contributed by atoms with Crippen LogP contribution in [0.4, 0.5) is 0 Å². The van der Waals surface area contributed by atoms with E-state index >= 15 is 0 Å². The van der Waals surface area contributed by atoms with Gasteiger partial charge in [0.25, 0.3) is 0 Å². The van der Waals surface area contributed by atoms with Crippen LogP contribution in [0.5, 0.6) is 0 Å². The van der Waals surface area contributed by atoms with Crippen molar-refractivity contribution < 1.29 is 4.74 Å². The summed E-state index contributed by atoms with van der Waals surface area (Å²) in [4.78, 5) is 0. The molecule has 2 unspecified atom stereocenters. The van der Waals surface area contributed by atoms with Crippen LogP contribution in [0.25, 0.3) is 0 Å². The highest BCUT2D eigenvalue weighted by Gasteiger charge is 2.20. The Balaban J connectivity index is 2.26. The summed E-state index contributed by atoms with van der Waals surface area (Å²) in [7, 11) is 0. The van der Waals surface area contributed by atoms with E-state index in [0.29, 0.717) is 23.9 Å². The molecule has 1 N–H and O–H groups in total. The first kappa shape index (κ1) is 10.3. The molecular formula is C9H18ClNO. The fourth-order valence-electron chi connectivity index (χ4n) is 1.38. The predicted molar refractivity (Wildman–Crippen MR) is 51.7 cm³/mol. The van der Waals surface area contributed by atoms with Gasteiger partial charge >= 0.3 is 0 Å². The van der Waals surface area contributed by atoms with E-state index < -0.39 is 0 Å². The van der Waals surface area contributed by atoms with Gasteiger partial charge in [0.05, 0.1) is 6.61 Å². The van der Waals surface area contributed by atoms with Crippen LogP contribution in [0.1, 0.15) is 20.3 Å². The largest absolute Gasteiger partial charge is 0.380 e. The molecule has 0 spiro atoms. The van der Waals surface area contributed by atoms with Crippen LogP contribution >= 0.6 is 11.6 Å². The molecule has 3 heteroatoms. The maximum absolute atomic E-state index is 5.84. The second-order valence-corrected chi connectivity index (χ2v) is 4.04. The lowest BCUT2D eigenvalue weighted by Crippen LogP contribution is -2.42. The topological polar surface area (TPSA) is 21.3 Å². The lowest BCUT2D eigenvalue weighted by atomic mass is 10.1. The molecule has 1 aliphatic rings. The molecule has 0 aromatic heterocycles. The minimum Gasteiger partial charge on any atom is -0.380 e. The molecule has 72 valence electrons. The van der Waals surface area contributed by atoms with E-state index in [9.17, 15) is 0 Å². The standard InChI is InChI=1S/C9H18ClNO/c1-7(2)9(5-10)11-8-3-4-12-6-8/h7-9,11H,3-6H2,1-2H3. The lowest BCUT2D eigenvalue weighted by Gasteiger charge is -2.23. The highest BCUT2D eigenvalue weighted by atomic mass is 35.5. The van der Waals surface area contributed by atoms with Crippen LogP contribution in [0.15, 0.2) is 0 Å². The average Bonchev–Trinajstić information content (AvgIpc) is 2.51. The molecule has 1 aliphatic heterocycles. The number of hydrogen-bond donors (Lipinski definition) is 1. The van der Waals surface area contributed by atoms with E-state index in [1.54, 1.807) is 0 Å². The molecule has 1 heterocycles. The fraction of sp³-hybridized carbons (Fsp3) is 1.00. The molecule has 2 atom stereocenters. The monoisotopic (exact) mass is 191 g/mol. The van der Waals surface area contributed by atoms with Crippen molar-refractivity contribution in [3.8, 4) is 0 Å².